The third-order valence-electron chi connectivity index (χ3n) is 3.91. The van der Waals surface area contributed by atoms with Crippen molar-refractivity contribution in [3.8, 4) is 0 Å². The molecule has 27 heavy (non-hydrogen) atoms. The molecule has 1 aromatic carbocycles. The monoisotopic (exact) mass is 381 g/mol. The second-order valence-electron chi connectivity index (χ2n) is 5.87. The topological polar surface area (TPSA) is 86.7 Å². The molecule has 136 valence electrons. The molecule has 0 amide bonds. The van der Waals surface area contributed by atoms with E-state index in [1.165, 1.54) is 10.5 Å². The van der Waals surface area contributed by atoms with Gasteiger partial charge in [0, 0.05) is 12.3 Å². The maximum atomic E-state index is 12.2. The molecule has 0 radical (unpaired) electrons. The van der Waals surface area contributed by atoms with Crippen molar-refractivity contribution in [3.05, 3.63) is 70.3 Å². The smallest absolute Gasteiger partial charge is 0.316 e. The normalized spacial score (nSPS) is 11.1. The molecule has 0 aliphatic carbocycles. The molecule has 0 fully saturated rings. The van der Waals surface area contributed by atoms with Gasteiger partial charge in [0.15, 0.2) is 5.58 Å². The first-order valence-corrected chi connectivity index (χ1v) is 9.20. The van der Waals surface area contributed by atoms with Gasteiger partial charge in [-0.2, -0.15) is 0 Å². The van der Waals surface area contributed by atoms with Crippen LogP contribution in [0.5, 0.6) is 0 Å². The lowest BCUT2D eigenvalue weighted by atomic mass is 10.3. The second-order valence-corrected chi connectivity index (χ2v) is 6.79. The van der Waals surface area contributed by atoms with Crippen LogP contribution in [-0.4, -0.2) is 26.1 Å². The van der Waals surface area contributed by atoms with Crippen molar-refractivity contribution in [1.82, 2.24) is 14.4 Å². The van der Waals surface area contributed by atoms with Crippen molar-refractivity contribution in [2.24, 2.45) is 0 Å². The Morgan fingerprint density at radius 1 is 1.22 bits per heavy atom. The first-order chi connectivity index (χ1) is 13.1. The van der Waals surface area contributed by atoms with E-state index in [9.17, 15) is 9.59 Å². The summed E-state index contributed by atoms with van der Waals surface area (Å²) in [6.45, 7) is 1.81. The lowest BCUT2D eigenvalue weighted by Crippen LogP contribution is -2.17. The molecule has 7 nitrogen and oxygen atoms in total. The molecule has 3 heterocycles. The number of carbonyl (C=O) groups excluding carboxylic acids is 1. The minimum absolute atomic E-state index is 0.0540. The summed E-state index contributed by atoms with van der Waals surface area (Å²) in [6, 6.07) is 12.4. The van der Waals surface area contributed by atoms with Crippen LogP contribution in [-0.2, 0) is 16.1 Å². The minimum atomic E-state index is -0.436. The van der Waals surface area contributed by atoms with E-state index in [4.69, 9.17) is 9.15 Å². The van der Waals surface area contributed by atoms with Crippen LogP contribution in [0.1, 0.15) is 11.3 Å². The van der Waals surface area contributed by atoms with Gasteiger partial charge in [-0.25, -0.2) is 9.97 Å². The summed E-state index contributed by atoms with van der Waals surface area (Å²) in [7, 11) is 0. The number of thioether (sulfide) groups is 1. The van der Waals surface area contributed by atoms with Crippen LogP contribution in [0.15, 0.2) is 63.1 Å². The number of carbonyl (C=O) groups is 1. The molecule has 0 atom stereocenters. The number of para-hydroxylation sites is 2. The van der Waals surface area contributed by atoms with Gasteiger partial charge in [-0.1, -0.05) is 30.0 Å². The molecule has 0 aliphatic heterocycles. The highest BCUT2D eigenvalue weighted by molar-refractivity contribution is 7.99. The third-order valence-corrected chi connectivity index (χ3v) is 4.71. The second kappa shape index (κ2) is 7.24. The Hall–Kier alpha value is -3.13. The van der Waals surface area contributed by atoms with Gasteiger partial charge in [-0.15, -0.1) is 0 Å². The Labute approximate surface area is 158 Å². The summed E-state index contributed by atoms with van der Waals surface area (Å²) >= 11 is 1.16. The van der Waals surface area contributed by atoms with Gasteiger partial charge in [0.05, 0.1) is 5.69 Å². The van der Waals surface area contributed by atoms with Gasteiger partial charge in [0.1, 0.15) is 23.5 Å². The molecule has 0 unspecified atom stereocenters. The number of benzene rings is 1. The predicted molar refractivity (Wildman–Crippen MR) is 101 cm³/mol. The lowest BCUT2D eigenvalue weighted by Gasteiger charge is -2.07. The zero-order chi connectivity index (χ0) is 18.8. The van der Waals surface area contributed by atoms with Crippen molar-refractivity contribution in [2.75, 3.05) is 5.75 Å². The number of nitrogens with zero attached hydrogens (tertiary/aromatic N) is 3. The van der Waals surface area contributed by atoms with Gasteiger partial charge in [0.2, 0.25) is 0 Å². The number of rotatable bonds is 5. The molecule has 8 heteroatoms. The number of aromatic nitrogens is 3. The number of oxazole rings is 1. The van der Waals surface area contributed by atoms with E-state index in [0.717, 1.165) is 22.8 Å². The van der Waals surface area contributed by atoms with Gasteiger partial charge in [0.25, 0.3) is 10.8 Å². The Morgan fingerprint density at radius 2 is 2.07 bits per heavy atom. The average Bonchev–Trinajstić information content (AvgIpc) is 3.08. The van der Waals surface area contributed by atoms with Crippen LogP contribution in [0.3, 0.4) is 0 Å². The Bertz CT molecular complexity index is 1170. The molecule has 3 aromatic heterocycles. The van der Waals surface area contributed by atoms with Crippen molar-refractivity contribution in [3.63, 3.8) is 0 Å². The van der Waals surface area contributed by atoms with Gasteiger partial charge >= 0.3 is 5.97 Å². The number of hydrogen-bond donors (Lipinski definition) is 0. The van der Waals surface area contributed by atoms with E-state index in [0.29, 0.717) is 22.1 Å². The largest absolute Gasteiger partial charge is 0.459 e. The fourth-order valence-electron chi connectivity index (χ4n) is 2.61. The maximum Gasteiger partial charge on any atom is 0.316 e. The van der Waals surface area contributed by atoms with Gasteiger partial charge in [-0.05, 0) is 30.7 Å². The van der Waals surface area contributed by atoms with Crippen LogP contribution in [0, 0.1) is 6.92 Å². The lowest BCUT2D eigenvalue weighted by molar-refractivity contribution is -0.141. The number of pyridine rings is 1. The zero-order valence-electron chi connectivity index (χ0n) is 14.4. The molecule has 4 rings (SSSR count). The number of fused-ring (bicyclic) bond motifs is 2. The van der Waals surface area contributed by atoms with Crippen molar-refractivity contribution in [2.45, 2.75) is 18.8 Å². The summed E-state index contributed by atoms with van der Waals surface area (Å²) < 4.78 is 12.2. The minimum Gasteiger partial charge on any atom is -0.459 e. The number of hydrogen-bond acceptors (Lipinski definition) is 7. The van der Waals surface area contributed by atoms with E-state index in [1.54, 1.807) is 12.3 Å². The van der Waals surface area contributed by atoms with Crippen molar-refractivity contribution >= 4 is 34.5 Å². The highest BCUT2D eigenvalue weighted by atomic mass is 32.2. The molecular formula is C19H15N3O4S. The van der Waals surface area contributed by atoms with E-state index < -0.39 is 5.97 Å². The molecule has 4 aromatic rings. The van der Waals surface area contributed by atoms with Crippen LogP contribution in [0.4, 0.5) is 0 Å². The van der Waals surface area contributed by atoms with Crippen LogP contribution >= 0.6 is 11.8 Å². The summed E-state index contributed by atoms with van der Waals surface area (Å²) in [5.74, 6) is -0.382. The Balaban J connectivity index is 1.39. The summed E-state index contributed by atoms with van der Waals surface area (Å²) in [6.07, 6.45) is 1.66. The standard InChI is InChI=1S/C19H15N3O4S/c1-12-5-4-8-22-16(23)9-13(20-18(12)22)10-25-17(24)11-27-19-21-14-6-2-3-7-15(14)26-19/h2-9H,10-11H2,1H3. The van der Waals surface area contributed by atoms with E-state index in [2.05, 4.69) is 9.97 Å². The zero-order valence-corrected chi connectivity index (χ0v) is 15.2. The summed E-state index contributed by atoms with van der Waals surface area (Å²) in [5.41, 5.74) is 3.03. The molecule has 0 N–H and O–H groups in total. The Kier molecular flexibility index (Phi) is 4.64. The van der Waals surface area contributed by atoms with Crippen molar-refractivity contribution in [1.29, 1.82) is 0 Å². The quantitative estimate of drug-likeness (QED) is 0.388. The first-order valence-electron chi connectivity index (χ1n) is 8.22. The molecule has 0 bridgehead atoms. The van der Waals surface area contributed by atoms with Gasteiger partial charge in [-0.3, -0.25) is 14.0 Å². The highest BCUT2D eigenvalue weighted by Crippen LogP contribution is 2.23. The van der Waals surface area contributed by atoms with Crippen LogP contribution in [0.2, 0.25) is 0 Å². The van der Waals surface area contributed by atoms with E-state index >= 15 is 0 Å². The molecule has 0 saturated heterocycles. The first kappa shape index (κ1) is 17.3. The molecule has 0 spiro atoms. The van der Waals surface area contributed by atoms with Crippen LogP contribution < -0.4 is 5.56 Å². The van der Waals surface area contributed by atoms with E-state index in [-0.39, 0.29) is 17.9 Å². The Morgan fingerprint density at radius 3 is 2.93 bits per heavy atom. The predicted octanol–water partition coefficient (Wildman–Crippen LogP) is 2.98. The molecular weight excluding hydrogens is 366 g/mol. The molecule has 0 aliphatic rings. The fraction of sp³-hybridized carbons (Fsp3) is 0.158. The number of ether oxygens (including phenoxy) is 1. The highest BCUT2D eigenvalue weighted by Gasteiger charge is 2.11. The summed E-state index contributed by atoms with van der Waals surface area (Å²) in [5, 5.41) is 0.408. The number of aryl methyl sites for hydroxylation is 1. The summed E-state index contributed by atoms with van der Waals surface area (Å²) in [4.78, 5) is 32.8. The average molecular weight is 381 g/mol. The SMILES string of the molecule is Cc1cccn2c(=O)cc(COC(=O)CSc3nc4ccccc4o3)nc12. The van der Waals surface area contributed by atoms with Crippen molar-refractivity contribution < 1.29 is 13.9 Å². The number of esters is 1. The van der Waals surface area contributed by atoms with E-state index in [1.807, 2.05) is 37.3 Å². The van der Waals surface area contributed by atoms with Gasteiger partial charge < -0.3 is 9.15 Å². The molecule has 0 saturated carbocycles. The maximum absolute atomic E-state index is 12.2. The fourth-order valence-corrected chi connectivity index (χ4v) is 3.25. The van der Waals surface area contributed by atoms with Crippen LogP contribution in [0.25, 0.3) is 16.7 Å². The third kappa shape index (κ3) is 3.70.